The molecule has 0 aliphatic heterocycles. The summed E-state index contributed by atoms with van der Waals surface area (Å²) in [5.41, 5.74) is 12.5. The highest BCUT2D eigenvalue weighted by atomic mass is 16.5. The van der Waals surface area contributed by atoms with Gasteiger partial charge in [0.05, 0.1) is 12.2 Å². The van der Waals surface area contributed by atoms with Crippen molar-refractivity contribution in [3.8, 4) is 0 Å². The Morgan fingerprint density at radius 2 is 1.50 bits per heavy atom. The Morgan fingerprint density at radius 1 is 0.789 bits per heavy atom. The van der Waals surface area contributed by atoms with E-state index in [2.05, 4.69) is 27.7 Å². The number of hydrogen-bond donors (Lipinski definition) is 2. The minimum atomic E-state index is 0.397. The van der Waals surface area contributed by atoms with Crippen LogP contribution >= 0.6 is 0 Å². The molecule has 0 saturated heterocycles. The first-order chi connectivity index (χ1) is 18.4. The van der Waals surface area contributed by atoms with Crippen LogP contribution in [0.5, 0.6) is 0 Å². The van der Waals surface area contributed by atoms with Crippen molar-refractivity contribution in [3.05, 3.63) is 0 Å². The van der Waals surface area contributed by atoms with Crippen molar-refractivity contribution in [1.29, 1.82) is 0 Å². The zero-order valence-electron chi connectivity index (χ0n) is 25.4. The summed E-state index contributed by atoms with van der Waals surface area (Å²) in [4.78, 5) is 0. The molecule has 4 saturated carbocycles. The van der Waals surface area contributed by atoms with Crippen molar-refractivity contribution >= 4 is 0 Å². The van der Waals surface area contributed by atoms with Crippen LogP contribution in [0.1, 0.15) is 111 Å². The van der Waals surface area contributed by atoms with E-state index < -0.39 is 0 Å². The van der Waals surface area contributed by atoms with Gasteiger partial charge in [-0.05, 0) is 143 Å². The highest BCUT2D eigenvalue weighted by molar-refractivity contribution is 5.12. The van der Waals surface area contributed by atoms with Gasteiger partial charge in [-0.25, -0.2) is 0 Å². The lowest BCUT2D eigenvalue weighted by atomic mass is 9.43. The third-order valence-electron chi connectivity index (χ3n) is 12.1. The zero-order valence-corrected chi connectivity index (χ0v) is 25.4. The average Bonchev–Trinajstić information content (AvgIpc) is 3.26. The number of nitrogens with two attached hydrogens (primary N) is 2. The van der Waals surface area contributed by atoms with Crippen LogP contribution < -0.4 is 11.5 Å². The van der Waals surface area contributed by atoms with Gasteiger partial charge in [-0.3, -0.25) is 0 Å². The first-order valence-electron chi connectivity index (χ1n) is 16.6. The molecule has 0 aromatic rings. The largest absolute Gasteiger partial charge is 0.381 e. The lowest BCUT2D eigenvalue weighted by Crippen LogP contribution is -2.59. The van der Waals surface area contributed by atoms with Gasteiger partial charge in [0.1, 0.15) is 0 Å². The Kier molecular flexibility index (Phi) is 11.4. The molecule has 0 spiro atoms. The number of rotatable bonds is 15. The van der Waals surface area contributed by atoms with Crippen LogP contribution in [0, 0.1) is 46.3 Å². The van der Waals surface area contributed by atoms with E-state index in [0.717, 1.165) is 82.5 Å². The minimum absolute atomic E-state index is 0.397. The van der Waals surface area contributed by atoms with Gasteiger partial charge in [-0.15, -0.1) is 0 Å². The maximum Gasteiger partial charge on any atom is 0.0611 e. The van der Waals surface area contributed by atoms with Crippen LogP contribution in [0.2, 0.25) is 0 Å². The van der Waals surface area contributed by atoms with Gasteiger partial charge in [-0.2, -0.15) is 0 Å². The molecule has 5 heteroatoms. The average molecular weight is 535 g/mol. The lowest BCUT2D eigenvalue weighted by molar-refractivity contribution is -0.191. The second kappa shape index (κ2) is 14.1. The molecule has 0 aromatic carbocycles. The molecule has 10 atom stereocenters. The molecule has 0 bridgehead atoms. The molecule has 38 heavy (non-hydrogen) atoms. The van der Waals surface area contributed by atoms with Crippen LogP contribution in [-0.2, 0) is 14.2 Å². The standard InChI is InChI=1S/C33H62N2O3/c1-5-18-36-19-6-9-24(2)27-10-11-28-31-29(13-15-33(27,28)4)32(3)14-12-26(37-20-7-16-34)22-25(32)23-30(31)38-21-8-17-35/h24-31H,5-23,34-35H2,1-4H3/t24-,25?,26-,27-,28+,29?,30-,31?,32+,33?/m1/s1. The smallest absolute Gasteiger partial charge is 0.0611 e. The number of ether oxygens (including phenoxy) is 3. The van der Waals surface area contributed by atoms with Crippen LogP contribution in [-0.4, -0.2) is 51.7 Å². The van der Waals surface area contributed by atoms with Crippen molar-refractivity contribution in [2.75, 3.05) is 39.5 Å². The molecule has 222 valence electrons. The molecule has 4 aliphatic carbocycles. The minimum Gasteiger partial charge on any atom is -0.381 e. The van der Waals surface area contributed by atoms with Crippen molar-refractivity contribution in [2.24, 2.45) is 57.8 Å². The summed E-state index contributed by atoms with van der Waals surface area (Å²) in [6.45, 7) is 15.0. The fourth-order valence-electron chi connectivity index (χ4n) is 10.1. The van der Waals surface area contributed by atoms with Gasteiger partial charge in [0, 0.05) is 26.4 Å². The highest BCUT2D eigenvalue weighted by Gasteiger charge is 2.63. The summed E-state index contributed by atoms with van der Waals surface area (Å²) in [7, 11) is 0. The predicted molar refractivity (Wildman–Crippen MR) is 157 cm³/mol. The maximum atomic E-state index is 6.82. The zero-order chi connectivity index (χ0) is 27.2. The molecule has 4 rings (SSSR count). The van der Waals surface area contributed by atoms with Gasteiger partial charge in [0.25, 0.3) is 0 Å². The Balaban J connectivity index is 1.47. The van der Waals surface area contributed by atoms with E-state index in [4.69, 9.17) is 25.7 Å². The van der Waals surface area contributed by atoms with Gasteiger partial charge < -0.3 is 25.7 Å². The third-order valence-corrected chi connectivity index (χ3v) is 12.1. The quantitative estimate of drug-likeness (QED) is 0.232. The van der Waals surface area contributed by atoms with Gasteiger partial charge >= 0.3 is 0 Å². The van der Waals surface area contributed by atoms with Gasteiger partial charge in [-0.1, -0.05) is 27.7 Å². The second-order valence-corrected chi connectivity index (χ2v) is 14.1. The Hall–Kier alpha value is -0.200. The summed E-state index contributed by atoms with van der Waals surface area (Å²) in [6, 6.07) is 0. The summed E-state index contributed by atoms with van der Waals surface area (Å²) in [5.74, 6) is 4.67. The molecular formula is C33H62N2O3. The van der Waals surface area contributed by atoms with Crippen molar-refractivity contribution < 1.29 is 14.2 Å². The van der Waals surface area contributed by atoms with Gasteiger partial charge in [0.15, 0.2) is 0 Å². The van der Waals surface area contributed by atoms with E-state index in [1.807, 2.05) is 0 Å². The lowest BCUT2D eigenvalue weighted by Gasteiger charge is -2.63. The summed E-state index contributed by atoms with van der Waals surface area (Å²) >= 11 is 0. The molecule has 5 nitrogen and oxygen atoms in total. The normalized spacial score (nSPS) is 41.4. The second-order valence-electron chi connectivity index (χ2n) is 14.1. The van der Waals surface area contributed by atoms with E-state index in [1.165, 1.54) is 64.2 Å². The molecule has 0 amide bonds. The molecule has 4 N–H and O–H groups in total. The molecular weight excluding hydrogens is 472 g/mol. The maximum absolute atomic E-state index is 6.82. The summed E-state index contributed by atoms with van der Waals surface area (Å²) in [5, 5.41) is 0. The molecule has 4 fully saturated rings. The van der Waals surface area contributed by atoms with Crippen LogP contribution in [0.4, 0.5) is 0 Å². The first kappa shape index (κ1) is 30.8. The summed E-state index contributed by atoms with van der Waals surface area (Å²) < 4.78 is 19.0. The Bertz CT molecular complexity index is 706. The van der Waals surface area contributed by atoms with Crippen LogP contribution in [0.25, 0.3) is 0 Å². The van der Waals surface area contributed by atoms with Crippen LogP contribution in [0.3, 0.4) is 0 Å². The first-order valence-corrected chi connectivity index (χ1v) is 16.6. The number of hydrogen-bond acceptors (Lipinski definition) is 5. The molecule has 0 aromatic heterocycles. The monoisotopic (exact) mass is 534 g/mol. The van der Waals surface area contributed by atoms with Crippen molar-refractivity contribution in [1.82, 2.24) is 0 Å². The highest BCUT2D eigenvalue weighted by Crippen LogP contribution is 2.68. The van der Waals surface area contributed by atoms with Crippen molar-refractivity contribution in [2.45, 2.75) is 123 Å². The Labute approximate surface area is 234 Å². The fourth-order valence-corrected chi connectivity index (χ4v) is 10.1. The fraction of sp³-hybridized carbons (Fsp3) is 1.00. The molecule has 4 unspecified atom stereocenters. The predicted octanol–water partition coefficient (Wildman–Crippen LogP) is 6.57. The molecule has 0 heterocycles. The van der Waals surface area contributed by atoms with E-state index in [-0.39, 0.29) is 0 Å². The topological polar surface area (TPSA) is 79.7 Å². The van der Waals surface area contributed by atoms with Crippen molar-refractivity contribution in [3.63, 3.8) is 0 Å². The van der Waals surface area contributed by atoms with E-state index in [9.17, 15) is 0 Å². The van der Waals surface area contributed by atoms with E-state index in [1.54, 1.807) is 0 Å². The molecule has 0 radical (unpaired) electrons. The summed E-state index contributed by atoms with van der Waals surface area (Å²) in [6.07, 6.45) is 17.0. The van der Waals surface area contributed by atoms with Gasteiger partial charge in [0.2, 0.25) is 0 Å². The molecule has 4 aliphatic rings. The SMILES string of the molecule is CCCOCCC[C@@H](C)[C@H]1CC[C@H]2C3C(CCC12C)[C@@]1(C)CC[C@@H](OCCCN)CC1C[C@H]3OCCCN. The third kappa shape index (κ3) is 6.48. The number of fused-ring (bicyclic) bond motifs is 5. The Morgan fingerprint density at radius 3 is 2.24 bits per heavy atom. The van der Waals surface area contributed by atoms with E-state index >= 15 is 0 Å². The van der Waals surface area contributed by atoms with Crippen LogP contribution in [0.15, 0.2) is 0 Å². The van der Waals surface area contributed by atoms with E-state index in [0.29, 0.717) is 34.9 Å².